The van der Waals surface area contributed by atoms with Crippen molar-refractivity contribution in [1.29, 1.82) is 0 Å². The van der Waals surface area contributed by atoms with Gasteiger partial charge in [0.2, 0.25) is 11.9 Å². The van der Waals surface area contributed by atoms with Crippen molar-refractivity contribution in [3.8, 4) is 0 Å². The van der Waals surface area contributed by atoms with Gasteiger partial charge in [0, 0.05) is 60.3 Å². The number of nitrogens with zero attached hydrogens (tertiary/aromatic N) is 3. The third-order valence-electron chi connectivity index (χ3n) is 6.53. The third kappa shape index (κ3) is 3.84. The van der Waals surface area contributed by atoms with Crippen LogP contribution in [0, 0.1) is 0 Å². The van der Waals surface area contributed by atoms with Crippen LogP contribution in [-0.2, 0) is 34.5 Å². The van der Waals surface area contributed by atoms with Crippen molar-refractivity contribution >= 4 is 23.2 Å². The zero-order valence-electron chi connectivity index (χ0n) is 17.4. The van der Waals surface area contributed by atoms with Crippen molar-refractivity contribution in [3.05, 3.63) is 39.3 Å². The zero-order chi connectivity index (χ0) is 20.6. The number of likely N-dealkylation sites (tertiary alicyclic amines) is 1. The van der Waals surface area contributed by atoms with Gasteiger partial charge in [-0.25, -0.2) is 9.97 Å². The van der Waals surface area contributed by atoms with Gasteiger partial charge in [-0.3, -0.25) is 9.69 Å². The summed E-state index contributed by atoms with van der Waals surface area (Å²) in [5, 5.41) is 5.93. The number of carbonyl (C=O) groups excluding carboxylic acids is 1. The molecule has 5 heterocycles. The van der Waals surface area contributed by atoms with Crippen LogP contribution < -0.4 is 10.6 Å². The van der Waals surface area contributed by atoms with E-state index >= 15 is 0 Å². The maximum atomic E-state index is 11.7. The Hall–Kier alpha value is -2.03. The molecule has 1 amide bonds. The number of ether oxygens (including phenoxy) is 1. The van der Waals surface area contributed by atoms with Crippen LogP contribution in [-0.4, -0.2) is 53.1 Å². The summed E-state index contributed by atoms with van der Waals surface area (Å²) in [6, 6.07) is 2.18. The lowest BCUT2D eigenvalue weighted by molar-refractivity contribution is -0.119. The summed E-state index contributed by atoms with van der Waals surface area (Å²) >= 11 is 1.98. The van der Waals surface area contributed by atoms with Crippen molar-refractivity contribution in [2.75, 3.05) is 31.6 Å². The Labute approximate surface area is 181 Å². The Balaban J connectivity index is 1.19. The molecular formula is C22H29N5O2S. The molecule has 30 heavy (non-hydrogen) atoms. The molecule has 0 bridgehead atoms. The molecule has 2 aromatic rings. The third-order valence-corrected chi connectivity index (χ3v) is 7.87. The molecule has 8 heteroatoms. The predicted molar refractivity (Wildman–Crippen MR) is 117 cm³/mol. The van der Waals surface area contributed by atoms with Gasteiger partial charge in [0.15, 0.2) is 0 Å². The highest BCUT2D eigenvalue weighted by molar-refractivity contribution is 7.12. The minimum Gasteiger partial charge on any atom is -0.370 e. The van der Waals surface area contributed by atoms with Gasteiger partial charge in [0.25, 0.3) is 0 Å². The number of rotatable bonds is 5. The Bertz CT molecular complexity index is 905. The van der Waals surface area contributed by atoms with E-state index in [2.05, 4.69) is 38.5 Å². The lowest BCUT2D eigenvalue weighted by Gasteiger charge is -2.44. The lowest BCUT2D eigenvalue weighted by Crippen LogP contribution is -2.45. The normalized spacial score (nSPS) is 23.4. The van der Waals surface area contributed by atoms with Crippen molar-refractivity contribution in [1.82, 2.24) is 20.2 Å². The number of fused-ring (bicyclic) bond motifs is 2. The highest BCUT2D eigenvalue weighted by atomic mass is 32.1. The van der Waals surface area contributed by atoms with Crippen LogP contribution in [0.25, 0.3) is 0 Å². The maximum Gasteiger partial charge on any atom is 0.242 e. The van der Waals surface area contributed by atoms with Gasteiger partial charge in [-0.2, -0.15) is 0 Å². The summed E-state index contributed by atoms with van der Waals surface area (Å²) in [6.07, 6.45) is 8.76. The average molecular weight is 428 g/mol. The SMILES string of the molecule is CCc1cc2c(s1)CCOC21CCN(Cc2cnc(NC3CCNC3=O)nc2)CC1. The van der Waals surface area contributed by atoms with Crippen LogP contribution in [0.5, 0.6) is 0 Å². The number of nitrogens with one attached hydrogen (secondary N) is 2. The summed E-state index contributed by atoms with van der Waals surface area (Å²) in [5.41, 5.74) is 2.48. The van der Waals surface area contributed by atoms with E-state index in [0.29, 0.717) is 12.5 Å². The largest absolute Gasteiger partial charge is 0.370 e. The molecule has 3 aliphatic heterocycles. The first-order chi connectivity index (χ1) is 14.6. The minimum absolute atomic E-state index is 0.0229. The van der Waals surface area contributed by atoms with Crippen LogP contribution in [0.1, 0.15) is 47.1 Å². The number of hydrogen-bond acceptors (Lipinski definition) is 7. The molecule has 0 aliphatic carbocycles. The van der Waals surface area contributed by atoms with Crippen molar-refractivity contribution in [2.45, 2.75) is 57.2 Å². The molecule has 160 valence electrons. The van der Waals surface area contributed by atoms with Crippen molar-refractivity contribution < 1.29 is 9.53 Å². The zero-order valence-corrected chi connectivity index (χ0v) is 18.3. The highest BCUT2D eigenvalue weighted by Crippen LogP contribution is 2.44. The number of piperidine rings is 1. The fourth-order valence-electron chi connectivity index (χ4n) is 4.79. The van der Waals surface area contributed by atoms with Gasteiger partial charge in [-0.15, -0.1) is 11.3 Å². The molecule has 2 N–H and O–H groups in total. The first kappa shape index (κ1) is 19.9. The highest BCUT2D eigenvalue weighted by Gasteiger charge is 2.41. The van der Waals surface area contributed by atoms with E-state index in [9.17, 15) is 4.79 Å². The number of aryl methyl sites for hydroxylation is 1. The summed E-state index contributed by atoms with van der Waals surface area (Å²) in [7, 11) is 0. The molecule has 0 aromatic carbocycles. The molecule has 1 atom stereocenters. The second kappa shape index (κ2) is 8.24. The van der Waals surface area contributed by atoms with Crippen molar-refractivity contribution in [2.24, 2.45) is 0 Å². The molecule has 0 saturated carbocycles. The van der Waals surface area contributed by atoms with E-state index in [4.69, 9.17) is 4.74 Å². The summed E-state index contributed by atoms with van der Waals surface area (Å²) in [4.78, 5) is 26.0. The molecular weight excluding hydrogens is 398 g/mol. The van der Waals surface area contributed by atoms with Gasteiger partial charge in [-0.05, 0) is 37.3 Å². The van der Waals surface area contributed by atoms with Gasteiger partial charge >= 0.3 is 0 Å². The van der Waals surface area contributed by atoms with Crippen LogP contribution in [0.2, 0.25) is 0 Å². The molecule has 1 spiro atoms. The van der Waals surface area contributed by atoms with E-state index in [-0.39, 0.29) is 17.6 Å². The van der Waals surface area contributed by atoms with Crippen LogP contribution >= 0.6 is 11.3 Å². The molecule has 1 unspecified atom stereocenters. The van der Waals surface area contributed by atoms with E-state index in [1.54, 1.807) is 4.88 Å². The summed E-state index contributed by atoms with van der Waals surface area (Å²) < 4.78 is 6.39. The van der Waals surface area contributed by atoms with Crippen molar-refractivity contribution in [3.63, 3.8) is 0 Å². The van der Waals surface area contributed by atoms with E-state index in [0.717, 1.165) is 63.9 Å². The van der Waals surface area contributed by atoms with Gasteiger partial charge in [-0.1, -0.05) is 6.92 Å². The van der Waals surface area contributed by atoms with E-state index < -0.39 is 0 Å². The monoisotopic (exact) mass is 427 g/mol. The number of anilines is 1. The number of aromatic nitrogens is 2. The van der Waals surface area contributed by atoms with Crippen LogP contribution in [0.4, 0.5) is 5.95 Å². The Morgan fingerprint density at radius 2 is 2.13 bits per heavy atom. The van der Waals surface area contributed by atoms with Crippen LogP contribution in [0.3, 0.4) is 0 Å². The predicted octanol–water partition coefficient (Wildman–Crippen LogP) is 2.46. The first-order valence-electron chi connectivity index (χ1n) is 11.0. The molecule has 3 aliphatic rings. The van der Waals surface area contributed by atoms with E-state index in [1.165, 1.54) is 10.4 Å². The number of amides is 1. The molecule has 5 rings (SSSR count). The van der Waals surface area contributed by atoms with Gasteiger partial charge < -0.3 is 15.4 Å². The molecule has 2 fully saturated rings. The summed E-state index contributed by atoms with van der Waals surface area (Å²) in [5.74, 6) is 0.542. The minimum atomic E-state index is -0.222. The second-order valence-corrected chi connectivity index (χ2v) is 9.68. The second-order valence-electron chi connectivity index (χ2n) is 8.46. The van der Waals surface area contributed by atoms with E-state index in [1.807, 2.05) is 23.7 Å². The maximum absolute atomic E-state index is 11.7. The van der Waals surface area contributed by atoms with Crippen LogP contribution in [0.15, 0.2) is 18.5 Å². The molecule has 2 aromatic heterocycles. The topological polar surface area (TPSA) is 79.4 Å². The summed E-state index contributed by atoms with van der Waals surface area (Å²) in [6.45, 7) is 6.66. The fourth-order valence-corrected chi connectivity index (χ4v) is 5.97. The Morgan fingerprint density at radius 3 is 2.83 bits per heavy atom. The Morgan fingerprint density at radius 1 is 1.33 bits per heavy atom. The standard InChI is InChI=1S/C22H29N5O2S/c1-2-16-11-17-19(30-16)4-10-29-22(17)5-8-27(9-6-22)14-15-12-24-21(25-13-15)26-18-3-7-23-20(18)28/h11-13,18H,2-10,14H2,1H3,(H,23,28)(H,24,25,26). The molecule has 0 radical (unpaired) electrons. The smallest absolute Gasteiger partial charge is 0.242 e. The number of hydrogen-bond donors (Lipinski definition) is 2. The molecule has 7 nitrogen and oxygen atoms in total. The molecule has 2 saturated heterocycles. The fraction of sp³-hybridized carbons (Fsp3) is 0.591. The Kier molecular flexibility index (Phi) is 5.47. The number of carbonyl (C=O) groups is 1. The van der Waals surface area contributed by atoms with Gasteiger partial charge in [0.05, 0.1) is 12.2 Å². The number of thiophene rings is 1. The lowest BCUT2D eigenvalue weighted by atomic mass is 9.82. The quantitative estimate of drug-likeness (QED) is 0.763. The first-order valence-corrected chi connectivity index (χ1v) is 11.8. The van der Waals surface area contributed by atoms with Gasteiger partial charge in [0.1, 0.15) is 6.04 Å². The average Bonchev–Trinajstić information content (AvgIpc) is 3.38.